The molecule has 0 aliphatic carbocycles. The number of halogens is 1. The molecule has 1 N–H and O–H groups in total. The zero-order valence-corrected chi connectivity index (χ0v) is 12.0. The van der Waals surface area contributed by atoms with Gasteiger partial charge in [0.25, 0.3) is 10.0 Å². The molecule has 0 radical (unpaired) electrons. The van der Waals surface area contributed by atoms with E-state index in [4.69, 9.17) is 16.7 Å². The number of carboxylic acids is 1. The van der Waals surface area contributed by atoms with Crippen LogP contribution >= 0.6 is 22.9 Å². The lowest BCUT2D eigenvalue weighted by Gasteiger charge is -2.19. The third kappa shape index (κ3) is 2.27. The monoisotopic (exact) mass is 309 g/mol. The van der Waals surface area contributed by atoms with E-state index in [0.717, 1.165) is 15.6 Å². The highest BCUT2D eigenvalue weighted by molar-refractivity contribution is 7.91. The molecule has 2 heterocycles. The van der Waals surface area contributed by atoms with Crippen molar-refractivity contribution in [2.75, 3.05) is 6.54 Å². The molecule has 0 amide bonds. The van der Waals surface area contributed by atoms with Gasteiger partial charge in [-0.25, -0.2) is 8.42 Å². The van der Waals surface area contributed by atoms with Gasteiger partial charge >= 0.3 is 5.97 Å². The van der Waals surface area contributed by atoms with Crippen molar-refractivity contribution in [2.45, 2.75) is 30.0 Å². The minimum atomic E-state index is -3.75. The fourth-order valence-corrected chi connectivity index (χ4v) is 5.44. The maximum absolute atomic E-state index is 12.3. The van der Waals surface area contributed by atoms with Gasteiger partial charge in [0.05, 0.1) is 4.34 Å². The Kier molecular flexibility index (Phi) is 3.68. The first kappa shape index (κ1) is 13.8. The molecule has 100 valence electrons. The van der Waals surface area contributed by atoms with Crippen molar-refractivity contribution >= 4 is 38.9 Å². The van der Waals surface area contributed by atoms with Crippen LogP contribution in [0.1, 0.15) is 18.4 Å². The number of carbonyl (C=O) groups is 1. The van der Waals surface area contributed by atoms with Crippen LogP contribution in [-0.2, 0) is 14.8 Å². The standard InChI is InChI=1S/C10H12ClNO4S2/c1-6-5-8(17-9(6)11)18(15,16)12-4-2-3-7(12)10(13)14/h5,7H,2-4H2,1H3,(H,13,14)/t7-/m0/s1. The Hall–Kier alpha value is -0.630. The third-order valence-electron chi connectivity index (χ3n) is 2.89. The topological polar surface area (TPSA) is 74.7 Å². The van der Waals surface area contributed by atoms with Crippen LogP contribution in [-0.4, -0.2) is 36.4 Å². The van der Waals surface area contributed by atoms with Crippen molar-refractivity contribution in [2.24, 2.45) is 0 Å². The molecule has 1 fully saturated rings. The second kappa shape index (κ2) is 4.80. The van der Waals surface area contributed by atoms with Gasteiger partial charge in [-0.15, -0.1) is 11.3 Å². The summed E-state index contributed by atoms with van der Waals surface area (Å²) in [6.07, 6.45) is 0.918. The quantitative estimate of drug-likeness (QED) is 0.926. The number of aryl methyl sites for hydroxylation is 1. The van der Waals surface area contributed by atoms with Crippen LogP contribution in [0.4, 0.5) is 0 Å². The van der Waals surface area contributed by atoms with E-state index in [0.29, 0.717) is 22.7 Å². The fraction of sp³-hybridized carbons (Fsp3) is 0.500. The zero-order valence-electron chi connectivity index (χ0n) is 9.59. The SMILES string of the molecule is Cc1cc(S(=O)(=O)N2CCC[C@H]2C(=O)O)sc1Cl. The van der Waals surface area contributed by atoms with E-state index in [2.05, 4.69) is 0 Å². The third-order valence-corrected chi connectivity index (χ3v) is 6.80. The number of hydrogen-bond acceptors (Lipinski definition) is 4. The molecule has 18 heavy (non-hydrogen) atoms. The van der Waals surface area contributed by atoms with Gasteiger partial charge in [0, 0.05) is 6.54 Å². The lowest BCUT2D eigenvalue weighted by Crippen LogP contribution is -2.40. The van der Waals surface area contributed by atoms with Crippen molar-refractivity contribution in [3.63, 3.8) is 0 Å². The van der Waals surface area contributed by atoms with Crippen LogP contribution in [0.15, 0.2) is 10.3 Å². The van der Waals surface area contributed by atoms with E-state index in [1.54, 1.807) is 6.92 Å². The predicted octanol–water partition coefficient (Wildman–Crippen LogP) is 1.95. The van der Waals surface area contributed by atoms with Crippen LogP contribution in [0.5, 0.6) is 0 Å². The minimum Gasteiger partial charge on any atom is -0.480 e. The molecule has 1 aromatic heterocycles. The smallest absolute Gasteiger partial charge is 0.322 e. The Morgan fingerprint density at radius 3 is 2.78 bits per heavy atom. The van der Waals surface area contributed by atoms with E-state index >= 15 is 0 Å². The second-order valence-electron chi connectivity index (χ2n) is 4.13. The summed E-state index contributed by atoms with van der Waals surface area (Å²) in [5.41, 5.74) is 0.686. The van der Waals surface area contributed by atoms with Gasteiger partial charge in [-0.05, 0) is 31.4 Å². The number of hydrogen-bond donors (Lipinski definition) is 1. The Morgan fingerprint density at radius 2 is 2.28 bits per heavy atom. The molecule has 0 saturated carbocycles. The number of aliphatic carboxylic acids is 1. The number of sulfonamides is 1. The molecule has 0 unspecified atom stereocenters. The van der Waals surface area contributed by atoms with Crippen molar-refractivity contribution in [1.82, 2.24) is 4.31 Å². The number of nitrogens with zero attached hydrogens (tertiary/aromatic N) is 1. The van der Waals surface area contributed by atoms with Crippen molar-refractivity contribution < 1.29 is 18.3 Å². The molecule has 1 atom stereocenters. The first-order chi connectivity index (χ1) is 8.34. The zero-order chi connectivity index (χ0) is 13.5. The molecular formula is C10H12ClNO4S2. The molecule has 5 nitrogen and oxygen atoms in total. The first-order valence-electron chi connectivity index (χ1n) is 5.34. The van der Waals surface area contributed by atoms with Gasteiger partial charge in [-0.2, -0.15) is 4.31 Å². The Labute approximate surface area is 114 Å². The lowest BCUT2D eigenvalue weighted by molar-refractivity contribution is -0.140. The van der Waals surface area contributed by atoms with E-state index in [1.165, 1.54) is 6.07 Å². The van der Waals surface area contributed by atoms with Crippen molar-refractivity contribution in [1.29, 1.82) is 0 Å². The summed E-state index contributed by atoms with van der Waals surface area (Å²) in [4.78, 5) is 11.0. The molecule has 1 aliphatic heterocycles. The number of thiophene rings is 1. The molecule has 8 heteroatoms. The maximum Gasteiger partial charge on any atom is 0.322 e. The molecule has 1 aliphatic rings. The van der Waals surface area contributed by atoms with E-state index < -0.39 is 22.0 Å². The lowest BCUT2D eigenvalue weighted by atomic mass is 10.2. The summed E-state index contributed by atoms with van der Waals surface area (Å²) in [5, 5.41) is 9.02. The highest BCUT2D eigenvalue weighted by atomic mass is 35.5. The normalized spacial score (nSPS) is 21.3. The second-order valence-corrected chi connectivity index (χ2v) is 7.91. The van der Waals surface area contributed by atoms with Gasteiger partial charge in [-0.1, -0.05) is 11.6 Å². The average Bonchev–Trinajstić information content (AvgIpc) is 2.87. The van der Waals surface area contributed by atoms with Crippen LogP contribution in [0.3, 0.4) is 0 Å². The van der Waals surface area contributed by atoms with Gasteiger partial charge in [0.1, 0.15) is 10.3 Å². The Morgan fingerprint density at radius 1 is 1.61 bits per heavy atom. The van der Waals surface area contributed by atoms with Crippen molar-refractivity contribution in [3.8, 4) is 0 Å². The maximum atomic E-state index is 12.3. The van der Waals surface area contributed by atoms with E-state index in [9.17, 15) is 13.2 Å². The predicted molar refractivity (Wildman–Crippen MR) is 68.6 cm³/mol. The Balaban J connectivity index is 2.39. The van der Waals surface area contributed by atoms with Gasteiger partial charge in [0.2, 0.25) is 0 Å². The first-order valence-corrected chi connectivity index (χ1v) is 7.98. The van der Waals surface area contributed by atoms with Crippen LogP contribution in [0, 0.1) is 6.92 Å². The van der Waals surface area contributed by atoms with Crippen LogP contribution in [0.25, 0.3) is 0 Å². The van der Waals surface area contributed by atoms with Crippen LogP contribution in [0.2, 0.25) is 4.34 Å². The summed E-state index contributed by atoms with van der Waals surface area (Å²) in [6.45, 7) is 1.96. The average molecular weight is 310 g/mol. The molecule has 0 bridgehead atoms. The molecule has 0 aromatic carbocycles. The fourth-order valence-electron chi connectivity index (χ4n) is 1.95. The molecular weight excluding hydrogens is 298 g/mol. The van der Waals surface area contributed by atoms with E-state index in [-0.39, 0.29) is 10.8 Å². The molecule has 0 spiro atoms. The minimum absolute atomic E-state index is 0.109. The molecule has 1 aromatic rings. The summed E-state index contributed by atoms with van der Waals surface area (Å²) in [6, 6.07) is 0.524. The summed E-state index contributed by atoms with van der Waals surface area (Å²) < 4.78 is 26.2. The summed E-state index contributed by atoms with van der Waals surface area (Å²) in [7, 11) is -3.75. The molecule has 1 saturated heterocycles. The van der Waals surface area contributed by atoms with Crippen molar-refractivity contribution in [3.05, 3.63) is 16.0 Å². The Bertz CT molecular complexity index is 561. The van der Waals surface area contributed by atoms with Gasteiger partial charge in [0.15, 0.2) is 0 Å². The summed E-state index contributed by atoms with van der Waals surface area (Å²) >= 11 is 6.83. The van der Waals surface area contributed by atoms with E-state index in [1.807, 2.05) is 0 Å². The number of rotatable bonds is 3. The summed E-state index contributed by atoms with van der Waals surface area (Å²) in [5.74, 6) is -1.10. The number of carboxylic acid groups (broad SMARTS) is 1. The molecule has 2 rings (SSSR count). The highest BCUT2D eigenvalue weighted by Crippen LogP contribution is 2.34. The highest BCUT2D eigenvalue weighted by Gasteiger charge is 2.40. The largest absolute Gasteiger partial charge is 0.480 e. The van der Waals surface area contributed by atoms with Gasteiger partial charge < -0.3 is 5.11 Å². The van der Waals surface area contributed by atoms with Crippen LogP contribution < -0.4 is 0 Å². The van der Waals surface area contributed by atoms with Gasteiger partial charge in [-0.3, -0.25) is 4.79 Å².